The van der Waals surface area contributed by atoms with Crippen LogP contribution in [0.2, 0.25) is 5.02 Å². The van der Waals surface area contributed by atoms with Crippen LogP contribution in [0.3, 0.4) is 0 Å². The molecular weight excluding hydrogens is 331 g/mol. The van der Waals surface area contributed by atoms with Gasteiger partial charge in [-0.2, -0.15) is 4.98 Å². The van der Waals surface area contributed by atoms with E-state index in [0.29, 0.717) is 18.1 Å². The number of nitrogen functional groups attached to an aromatic ring is 1. The van der Waals surface area contributed by atoms with E-state index in [0.717, 1.165) is 11.6 Å². The van der Waals surface area contributed by atoms with Gasteiger partial charge < -0.3 is 15.2 Å². The number of nitrogens with zero attached hydrogens (tertiary/aromatic N) is 1. The number of ether oxygens (including phenoxy) is 2. The Kier molecular flexibility index (Phi) is 4.82. The van der Waals surface area contributed by atoms with Gasteiger partial charge in [-0.25, -0.2) is 4.39 Å². The smallest absolute Gasteiger partial charge is 0.240 e. The molecule has 0 radical (unpaired) electrons. The second-order valence-corrected chi connectivity index (χ2v) is 5.37. The molecule has 2 aromatic carbocycles. The summed E-state index contributed by atoms with van der Waals surface area (Å²) < 4.78 is 24.8. The Balaban J connectivity index is 1.81. The third kappa shape index (κ3) is 3.75. The van der Waals surface area contributed by atoms with E-state index in [-0.39, 0.29) is 16.7 Å². The quantitative estimate of drug-likeness (QED) is 0.720. The number of rotatable bonds is 5. The van der Waals surface area contributed by atoms with Crippen molar-refractivity contribution in [2.75, 3.05) is 5.73 Å². The molecule has 0 fully saturated rings. The number of aromatic nitrogens is 1. The van der Waals surface area contributed by atoms with Crippen molar-refractivity contribution in [2.24, 2.45) is 0 Å². The van der Waals surface area contributed by atoms with Crippen LogP contribution in [0.15, 0.2) is 60.7 Å². The SMILES string of the molecule is Nc1nc(Oc2ccccc2OCc2ccccc2)c(Cl)cc1F. The number of pyridine rings is 1. The van der Waals surface area contributed by atoms with Crippen molar-refractivity contribution < 1.29 is 13.9 Å². The van der Waals surface area contributed by atoms with Gasteiger partial charge in [-0.05, 0) is 17.7 Å². The minimum atomic E-state index is -0.694. The molecule has 0 spiro atoms. The first-order valence-corrected chi connectivity index (χ1v) is 7.56. The molecule has 3 rings (SSSR count). The van der Waals surface area contributed by atoms with Gasteiger partial charge in [0.25, 0.3) is 0 Å². The first-order chi connectivity index (χ1) is 11.6. The fraction of sp³-hybridized carbons (Fsp3) is 0.0556. The first-order valence-electron chi connectivity index (χ1n) is 7.18. The number of hydrogen-bond acceptors (Lipinski definition) is 4. The maximum Gasteiger partial charge on any atom is 0.240 e. The molecule has 0 amide bonds. The van der Waals surface area contributed by atoms with Gasteiger partial charge in [0.2, 0.25) is 5.88 Å². The van der Waals surface area contributed by atoms with Crippen molar-refractivity contribution in [1.29, 1.82) is 0 Å². The van der Waals surface area contributed by atoms with Gasteiger partial charge in [0.05, 0.1) is 0 Å². The van der Waals surface area contributed by atoms with Crippen LogP contribution < -0.4 is 15.2 Å². The van der Waals surface area contributed by atoms with E-state index in [1.54, 1.807) is 18.2 Å². The highest BCUT2D eigenvalue weighted by Crippen LogP contribution is 2.35. The molecule has 0 saturated heterocycles. The van der Waals surface area contributed by atoms with Crippen molar-refractivity contribution in [1.82, 2.24) is 4.98 Å². The lowest BCUT2D eigenvalue weighted by molar-refractivity contribution is 0.290. The van der Waals surface area contributed by atoms with Crippen LogP contribution in [0, 0.1) is 5.82 Å². The second kappa shape index (κ2) is 7.19. The summed E-state index contributed by atoms with van der Waals surface area (Å²) in [5, 5.41) is 0.0274. The summed E-state index contributed by atoms with van der Waals surface area (Å²) in [6.07, 6.45) is 0. The van der Waals surface area contributed by atoms with Crippen molar-refractivity contribution in [2.45, 2.75) is 6.61 Å². The highest BCUT2D eigenvalue weighted by atomic mass is 35.5. The first kappa shape index (κ1) is 16.1. The largest absolute Gasteiger partial charge is 0.485 e. The lowest BCUT2D eigenvalue weighted by Gasteiger charge is -2.13. The maximum absolute atomic E-state index is 13.3. The summed E-state index contributed by atoms with van der Waals surface area (Å²) in [7, 11) is 0. The molecule has 24 heavy (non-hydrogen) atoms. The Morgan fingerprint density at radius 2 is 1.67 bits per heavy atom. The summed E-state index contributed by atoms with van der Waals surface area (Å²) in [5.74, 6) is -0.0275. The van der Waals surface area contributed by atoms with Crippen LogP contribution in [0.1, 0.15) is 5.56 Å². The summed E-state index contributed by atoms with van der Waals surface area (Å²) in [4.78, 5) is 3.82. The Labute approximate surface area is 143 Å². The maximum atomic E-state index is 13.3. The van der Waals surface area contributed by atoms with E-state index in [2.05, 4.69) is 4.98 Å². The van der Waals surface area contributed by atoms with Crippen LogP contribution in [0.25, 0.3) is 0 Å². The summed E-state index contributed by atoms with van der Waals surface area (Å²) in [6.45, 7) is 0.383. The standard InChI is InChI=1S/C18H14ClFN2O2/c19-13-10-14(20)17(21)22-18(13)24-16-9-5-4-8-15(16)23-11-12-6-2-1-3-7-12/h1-10H,11H2,(H2,21,22). The normalized spacial score (nSPS) is 10.4. The van der Waals surface area contributed by atoms with Gasteiger partial charge in [0.1, 0.15) is 11.6 Å². The fourth-order valence-electron chi connectivity index (χ4n) is 2.03. The Morgan fingerprint density at radius 1 is 1.00 bits per heavy atom. The molecule has 3 aromatic rings. The van der Waals surface area contributed by atoms with E-state index in [1.807, 2.05) is 36.4 Å². The van der Waals surface area contributed by atoms with Gasteiger partial charge in [-0.15, -0.1) is 0 Å². The molecule has 122 valence electrons. The number of hydrogen-bond donors (Lipinski definition) is 1. The lowest BCUT2D eigenvalue weighted by atomic mass is 10.2. The van der Waals surface area contributed by atoms with Gasteiger partial charge in [-0.3, -0.25) is 0 Å². The van der Waals surface area contributed by atoms with Crippen molar-refractivity contribution in [3.8, 4) is 17.4 Å². The Hall–Kier alpha value is -2.79. The molecule has 0 saturated carbocycles. The topological polar surface area (TPSA) is 57.4 Å². The molecule has 0 aliphatic heterocycles. The van der Waals surface area contributed by atoms with E-state index >= 15 is 0 Å². The van der Waals surface area contributed by atoms with E-state index in [1.165, 1.54) is 0 Å². The molecule has 2 N–H and O–H groups in total. The molecule has 1 aromatic heterocycles. The number of nitrogens with two attached hydrogens (primary N) is 1. The summed E-state index contributed by atoms with van der Waals surface area (Å²) >= 11 is 5.95. The molecular formula is C18H14ClFN2O2. The van der Waals surface area contributed by atoms with Crippen LogP contribution >= 0.6 is 11.6 Å². The third-order valence-corrected chi connectivity index (χ3v) is 3.49. The fourth-order valence-corrected chi connectivity index (χ4v) is 2.20. The summed E-state index contributed by atoms with van der Waals surface area (Å²) in [6, 6.07) is 17.9. The van der Waals surface area contributed by atoms with Crippen LogP contribution in [0.4, 0.5) is 10.2 Å². The molecule has 1 heterocycles. The number of para-hydroxylation sites is 2. The van der Waals surface area contributed by atoms with Gasteiger partial charge in [0, 0.05) is 6.07 Å². The molecule has 0 unspecified atom stereocenters. The van der Waals surface area contributed by atoms with Gasteiger partial charge in [0.15, 0.2) is 23.1 Å². The zero-order valence-electron chi connectivity index (χ0n) is 12.6. The molecule has 0 bridgehead atoms. The molecule has 6 heteroatoms. The second-order valence-electron chi connectivity index (χ2n) is 4.97. The van der Waals surface area contributed by atoms with Crippen molar-refractivity contribution in [3.05, 3.63) is 77.1 Å². The average molecular weight is 345 g/mol. The zero-order chi connectivity index (χ0) is 16.9. The molecule has 4 nitrogen and oxygen atoms in total. The van der Waals surface area contributed by atoms with E-state index in [4.69, 9.17) is 26.8 Å². The average Bonchev–Trinajstić information content (AvgIpc) is 2.60. The predicted octanol–water partition coefficient (Wildman–Crippen LogP) is 4.83. The molecule has 0 aliphatic carbocycles. The third-order valence-electron chi connectivity index (χ3n) is 3.22. The van der Waals surface area contributed by atoms with Crippen LogP contribution in [-0.2, 0) is 6.61 Å². The van der Waals surface area contributed by atoms with Crippen molar-refractivity contribution in [3.63, 3.8) is 0 Å². The summed E-state index contributed by atoms with van der Waals surface area (Å²) in [5.41, 5.74) is 6.48. The Bertz CT molecular complexity index is 844. The van der Waals surface area contributed by atoms with E-state index in [9.17, 15) is 4.39 Å². The molecule has 0 aliphatic rings. The number of benzene rings is 2. The predicted molar refractivity (Wildman–Crippen MR) is 90.9 cm³/mol. The van der Waals surface area contributed by atoms with E-state index < -0.39 is 5.82 Å². The Morgan fingerprint density at radius 3 is 2.42 bits per heavy atom. The zero-order valence-corrected chi connectivity index (χ0v) is 13.3. The van der Waals surface area contributed by atoms with Gasteiger partial charge in [-0.1, -0.05) is 54.1 Å². The van der Waals surface area contributed by atoms with Crippen molar-refractivity contribution >= 4 is 17.4 Å². The monoisotopic (exact) mass is 344 g/mol. The molecule has 0 atom stereocenters. The van der Waals surface area contributed by atoms with Gasteiger partial charge >= 0.3 is 0 Å². The minimum absolute atomic E-state index is 0.0197. The number of anilines is 1. The minimum Gasteiger partial charge on any atom is -0.485 e. The lowest BCUT2D eigenvalue weighted by Crippen LogP contribution is -2.00. The number of halogens is 2. The van der Waals surface area contributed by atoms with Crippen LogP contribution in [0.5, 0.6) is 17.4 Å². The highest BCUT2D eigenvalue weighted by Gasteiger charge is 2.13. The van der Waals surface area contributed by atoms with Crippen LogP contribution in [-0.4, -0.2) is 4.98 Å². The highest BCUT2D eigenvalue weighted by molar-refractivity contribution is 6.31.